The van der Waals surface area contributed by atoms with Crippen LogP contribution < -0.4 is 0 Å². The first-order valence-electron chi connectivity index (χ1n) is 6.23. The van der Waals surface area contributed by atoms with Gasteiger partial charge in [0.05, 0.1) is 31.3 Å². The van der Waals surface area contributed by atoms with Gasteiger partial charge in [0, 0.05) is 6.61 Å². The summed E-state index contributed by atoms with van der Waals surface area (Å²) in [6, 6.07) is 0. The first-order valence-corrected chi connectivity index (χ1v) is 6.23. The van der Waals surface area contributed by atoms with E-state index < -0.39 is 0 Å². The molecule has 90 valence electrons. The van der Waals surface area contributed by atoms with Gasteiger partial charge in [0.15, 0.2) is 0 Å². The van der Waals surface area contributed by atoms with E-state index in [0.29, 0.717) is 37.9 Å². The van der Waals surface area contributed by atoms with Crippen molar-refractivity contribution in [3.05, 3.63) is 0 Å². The van der Waals surface area contributed by atoms with Crippen molar-refractivity contribution < 1.29 is 19.0 Å². The molecule has 4 heteroatoms. The van der Waals surface area contributed by atoms with Crippen LogP contribution in [-0.2, 0) is 19.0 Å². The van der Waals surface area contributed by atoms with E-state index in [1.165, 1.54) is 0 Å². The quantitative estimate of drug-likeness (QED) is 0.534. The van der Waals surface area contributed by atoms with Gasteiger partial charge in [0.2, 0.25) is 0 Å². The zero-order valence-corrected chi connectivity index (χ0v) is 9.39. The molecule has 2 heterocycles. The van der Waals surface area contributed by atoms with Crippen LogP contribution in [0.3, 0.4) is 0 Å². The molecule has 4 atom stereocenters. The standard InChI is InChI=1S/C12H18O4/c13-12(9-3-4-14-7-9)15-6-8-1-2-10-11(5-8)16-10/h8-11H,1-7H2. The minimum atomic E-state index is -0.0728. The van der Waals surface area contributed by atoms with Gasteiger partial charge in [-0.05, 0) is 31.6 Å². The fourth-order valence-electron chi connectivity index (χ4n) is 2.68. The second kappa shape index (κ2) is 4.34. The average molecular weight is 226 g/mol. The van der Waals surface area contributed by atoms with E-state index in [2.05, 4.69) is 0 Å². The number of carbonyl (C=O) groups is 1. The third-order valence-electron chi connectivity index (χ3n) is 3.84. The highest BCUT2D eigenvalue weighted by atomic mass is 16.6. The lowest BCUT2D eigenvalue weighted by atomic mass is 9.90. The van der Waals surface area contributed by atoms with E-state index in [-0.39, 0.29) is 11.9 Å². The van der Waals surface area contributed by atoms with Gasteiger partial charge in [0.1, 0.15) is 0 Å². The van der Waals surface area contributed by atoms with Gasteiger partial charge in [-0.15, -0.1) is 0 Å². The van der Waals surface area contributed by atoms with Crippen molar-refractivity contribution in [1.82, 2.24) is 0 Å². The lowest BCUT2D eigenvalue weighted by Gasteiger charge is -2.19. The molecular weight excluding hydrogens is 208 g/mol. The maximum atomic E-state index is 11.6. The Balaban J connectivity index is 1.40. The van der Waals surface area contributed by atoms with Gasteiger partial charge >= 0.3 is 5.97 Å². The SMILES string of the molecule is O=C(OCC1CCC2OC2C1)C1CCOC1. The minimum absolute atomic E-state index is 0.0199. The molecular formula is C12H18O4. The summed E-state index contributed by atoms with van der Waals surface area (Å²) in [6.45, 7) is 1.81. The molecule has 2 aliphatic heterocycles. The largest absolute Gasteiger partial charge is 0.465 e. The number of rotatable bonds is 3. The van der Waals surface area contributed by atoms with Gasteiger partial charge in [0.25, 0.3) is 0 Å². The summed E-state index contributed by atoms with van der Waals surface area (Å²) in [5, 5.41) is 0. The molecule has 3 rings (SSSR count). The Kier molecular flexibility index (Phi) is 2.86. The number of ether oxygens (including phenoxy) is 3. The summed E-state index contributed by atoms with van der Waals surface area (Å²) in [5.74, 6) is 0.417. The fourth-order valence-corrected chi connectivity index (χ4v) is 2.68. The van der Waals surface area contributed by atoms with Crippen LogP contribution in [0, 0.1) is 11.8 Å². The van der Waals surface area contributed by atoms with Crippen LogP contribution in [0.1, 0.15) is 25.7 Å². The molecule has 3 fully saturated rings. The highest BCUT2D eigenvalue weighted by Crippen LogP contribution is 2.39. The molecule has 0 aromatic carbocycles. The summed E-state index contributed by atoms with van der Waals surface area (Å²) in [7, 11) is 0. The summed E-state index contributed by atoms with van der Waals surface area (Å²) < 4.78 is 16.0. The van der Waals surface area contributed by atoms with Gasteiger partial charge in [-0.1, -0.05) is 0 Å². The van der Waals surface area contributed by atoms with E-state index in [0.717, 1.165) is 25.7 Å². The minimum Gasteiger partial charge on any atom is -0.465 e. The third kappa shape index (κ3) is 2.23. The Labute approximate surface area is 95.2 Å². The van der Waals surface area contributed by atoms with Gasteiger partial charge in [-0.25, -0.2) is 0 Å². The summed E-state index contributed by atoms with van der Waals surface area (Å²) in [4.78, 5) is 11.6. The third-order valence-corrected chi connectivity index (χ3v) is 3.84. The van der Waals surface area contributed by atoms with Gasteiger partial charge < -0.3 is 14.2 Å². The highest BCUT2D eigenvalue weighted by Gasteiger charge is 2.44. The predicted molar refractivity (Wildman–Crippen MR) is 55.9 cm³/mol. The normalized spacial score (nSPS) is 41.5. The molecule has 0 aromatic heterocycles. The molecule has 2 saturated heterocycles. The summed E-state index contributed by atoms with van der Waals surface area (Å²) >= 11 is 0. The number of fused-ring (bicyclic) bond motifs is 1. The Morgan fingerprint density at radius 2 is 2.19 bits per heavy atom. The van der Waals surface area contributed by atoms with Crippen LogP contribution in [0.15, 0.2) is 0 Å². The van der Waals surface area contributed by atoms with E-state index in [4.69, 9.17) is 14.2 Å². The Hall–Kier alpha value is -0.610. The maximum Gasteiger partial charge on any atom is 0.311 e. The molecule has 0 amide bonds. The zero-order chi connectivity index (χ0) is 11.0. The maximum absolute atomic E-state index is 11.6. The first kappa shape index (κ1) is 10.5. The van der Waals surface area contributed by atoms with Gasteiger partial charge in [-0.2, -0.15) is 0 Å². The summed E-state index contributed by atoms with van der Waals surface area (Å²) in [6.07, 6.45) is 5.15. The smallest absolute Gasteiger partial charge is 0.311 e. The van der Waals surface area contributed by atoms with E-state index in [1.807, 2.05) is 0 Å². The van der Waals surface area contributed by atoms with Crippen LogP contribution >= 0.6 is 0 Å². The zero-order valence-electron chi connectivity index (χ0n) is 9.39. The second-order valence-corrected chi connectivity index (χ2v) is 5.08. The molecule has 3 aliphatic rings. The van der Waals surface area contributed by atoms with Crippen LogP contribution in [0.2, 0.25) is 0 Å². The Morgan fingerprint density at radius 1 is 1.25 bits per heavy atom. The number of hydrogen-bond acceptors (Lipinski definition) is 4. The molecule has 0 bridgehead atoms. The van der Waals surface area contributed by atoms with Crippen molar-refractivity contribution in [1.29, 1.82) is 0 Å². The van der Waals surface area contributed by atoms with Crippen LogP contribution in [0.5, 0.6) is 0 Å². The molecule has 0 spiro atoms. The molecule has 1 saturated carbocycles. The number of carbonyl (C=O) groups excluding carboxylic acids is 1. The van der Waals surface area contributed by atoms with Gasteiger partial charge in [-0.3, -0.25) is 4.79 Å². The number of esters is 1. The Bertz CT molecular complexity index is 272. The first-order chi connectivity index (χ1) is 7.83. The molecule has 4 nitrogen and oxygen atoms in total. The van der Waals surface area contributed by atoms with Crippen molar-refractivity contribution in [3.63, 3.8) is 0 Å². The van der Waals surface area contributed by atoms with E-state index in [9.17, 15) is 4.79 Å². The molecule has 1 aliphatic carbocycles. The molecule has 4 unspecified atom stereocenters. The number of epoxide rings is 1. The van der Waals surface area contributed by atoms with Crippen LogP contribution in [0.4, 0.5) is 0 Å². The van der Waals surface area contributed by atoms with Crippen molar-refractivity contribution in [2.24, 2.45) is 11.8 Å². The second-order valence-electron chi connectivity index (χ2n) is 5.08. The lowest BCUT2D eigenvalue weighted by molar-refractivity contribution is -0.150. The monoisotopic (exact) mass is 226 g/mol. The average Bonchev–Trinajstić information content (AvgIpc) is 2.85. The molecule has 0 aromatic rings. The fraction of sp³-hybridized carbons (Fsp3) is 0.917. The van der Waals surface area contributed by atoms with Crippen LogP contribution in [0.25, 0.3) is 0 Å². The number of hydrogen-bond donors (Lipinski definition) is 0. The van der Waals surface area contributed by atoms with Crippen molar-refractivity contribution in [3.8, 4) is 0 Å². The predicted octanol–water partition coefficient (Wildman–Crippen LogP) is 1.13. The lowest BCUT2D eigenvalue weighted by Crippen LogP contribution is -2.24. The molecule has 0 N–H and O–H groups in total. The Morgan fingerprint density at radius 3 is 2.94 bits per heavy atom. The summed E-state index contributed by atoms with van der Waals surface area (Å²) in [5.41, 5.74) is 0. The van der Waals surface area contributed by atoms with Crippen LogP contribution in [-0.4, -0.2) is 38.0 Å². The topological polar surface area (TPSA) is 48.1 Å². The van der Waals surface area contributed by atoms with E-state index in [1.54, 1.807) is 0 Å². The molecule has 16 heavy (non-hydrogen) atoms. The van der Waals surface area contributed by atoms with Crippen molar-refractivity contribution >= 4 is 5.97 Å². The van der Waals surface area contributed by atoms with Crippen molar-refractivity contribution in [2.75, 3.05) is 19.8 Å². The molecule has 0 radical (unpaired) electrons. The van der Waals surface area contributed by atoms with E-state index >= 15 is 0 Å². The highest BCUT2D eigenvalue weighted by molar-refractivity contribution is 5.72. The van der Waals surface area contributed by atoms with Crippen molar-refractivity contribution in [2.45, 2.75) is 37.9 Å².